The number of carbonyl (C=O) groups is 1. The maximum atomic E-state index is 10.7. The number of carbonyl (C=O) groups excluding carboxylic acids is 1. The number of hydrogen-bond donors (Lipinski definition) is 0. The third-order valence-corrected chi connectivity index (χ3v) is 2.64. The first-order valence-electron chi connectivity index (χ1n) is 5.58. The van der Waals surface area contributed by atoms with Gasteiger partial charge in [-0.25, -0.2) is 0 Å². The average Bonchev–Trinajstić information content (AvgIpc) is 2.20. The van der Waals surface area contributed by atoms with Gasteiger partial charge in [0, 0.05) is 25.0 Å². The molecule has 0 unspecified atom stereocenters. The van der Waals surface area contributed by atoms with Gasteiger partial charge in [0.25, 0.3) is 0 Å². The Morgan fingerprint density at radius 2 is 2.06 bits per heavy atom. The van der Waals surface area contributed by atoms with Crippen LogP contribution in [0.1, 0.15) is 42.3 Å². The van der Waals surface area contributed by atoms with Crippen LogP contribution in [-0.2, 0) is 11.3 Å². The van der Waals surface area contributed by atoms with E-state index < -0.39 is 0 Å². The zero-order chi connectivity index (χ0) is 12.3. The van der Waals surface area contributed by atoms with Crippen LogP contribution >= 0.6 is 0 Å². The van der Waals surface area contributed by atoms with Crippen LogP contribution in [0.2, 0.25) is 0 Å². The summed E-state index contributed by atoms with van der Waals surface area (Å²) in [6.45, 7) is 8.98. The van der Waals surface area contributed by atoms with Crippen molar-refractivity contribution in [2.75, 3.05) is 7.05 Å². The fourth-order valence-corrected chi connectivity index (χ4v) is 1.86. The Balaban J connectivity index is 3.18. The quantitative estimate of drug-likeness (QED) is 0.730. The lowest BCUT2D eigenvalue weighted by Gasteiger charge is -2.19. The Hall–Kier alpha value is -1.38. The second kappa shape index (κ2) is 5.10. The predicted octanol–water partition coefficient (Wildman–Crippen LogP) is 2.41. The normalized spacial score (nSPS) is 10.6. The van der Waals surface area contributed by atoms with Gasteiger partial charge in [0.15, 0.2) is 0 Å². The van der Waals surface area contributed by atoms with Crippen molar-refractivity contribution in [2.45, 2.75) is 40.2 Å². The van der Waals surface area contributed by atoms with Crippen molar-refractivity contribution in [3.63, 3.8) is 0 Å². The molecule has 0 saturated heterocycles. The maximum absolute atomic E-state index is 10.7. The highest BCUT2D eigenvalue weighted by Crippen LogP contribution is 2.22. The van der Waals surface area contributed by atoms with E-state index in [1.165, 1.54) is 11.1 Å². The van der Waals surface area contributed by atoms with E-state index in [0.29, 0.717) is 12.5 Å². The Kier molecular flexibility index (Phi) is 4.05. The van der Waals surface area contributed by atoms with E-state index in [2.05, 4.69) is 31.8 Å². The molecule has 0 radical (unpaired) electrons. The molecule has 1 amide bonds. The van der Waals surface area contributed by atoms with Crippen molar-refractivity contribution < 1.29 is 4.79 Å². The molecule has 0 aliphatic carbocycles. The molecule has 1 rings (SSSR count). The van der Waals surface area contributed by atoms with Crippen molar-refractivity contribution in [2.24, 2.45) is 0 Å². The summed E-state index contributed by atoms with van der Waals surface area (Å²) in [5, 5.41) is 0. The molecule has 1 aromatic heterocycles. The van der Waals surface area contributed by atoms with Crippen LogP contribution in [0.4, 0.5) is 0 Å². The number of rotatable bonds is 4. The van der Waals surface area contributed by atoms with E-state index in [0.717, 1.165) is 17.8 Å². The molecule has 0 aromatic carbocycles. The SMILES string of the molecule is Cc1cc(C)c(CN(C)C=O)c(C(C)C)n1. The van der Waals surface area contributed by atoms with Gasteiger partial charge >= 0.3 is 0 Å². The molecule has 0 atom stereocenters. The number of aromatic nitrogens is 1. The summed E-state index contributed by atoms with van der Waals surface area (Å²) >= 11 is 0. The fraction of sp³-hybridized carbons (Fsp3) is 0.538. The molecule has 0 aliphatic rings. The lowest BCUT2D eigenvalue weighted by atomic mass is 9.98. The van der Waals surface area contributed by atoms with E-state index in [1.807, 2.05) is 6.92 Å². The summed E-state index contributed by atoms with van der Waals surface area (Å²) in [6.07, 6.45) is 0.851. The van der Waals surface area contributed by atoms with Crippen molar-refractivity contribution >= 4 is 6.41 Å². The summed E-state index contributed by atoms with van der Waals surface area (Å²) in [5.41, 5.74) is 4.53. The Labute approximate surface area is 97.5 Å². The molecule has 1 heterocycles. The highest BCUT2D eigenvalue weighted by Gasteiger charge is 2.13. The van der Waals surface area contributed by atoms with Gasteiger partial charge in [-0.15, -0.1) is 0 Å². The van der Waals surface area contributed by atoms with E-state index in [4.69, 9.17) is 0 Å². The summed E-state index contributed by atoms with van der Waals surface area (Å²) < 4.78 is 0. The lowest BCUT2D eigenvalue weighted by molar-refractivity contribution is -0.117. The number of nitrogens with zero attached hydrogens (tertiary/aromatic N) is 2. The number of pyridine rings is 1. The van der Waals surface area contributed by atoms with Gasteiger partial charge in [0.2, 0.25) is 6.41 Å². The van der Waals surface area contributed by atoms with Crippen LogP contribution in [-0.4, -0.2) is 23.3 Å². The molecule has 1 aromatic rings. The minimum absolute atomic E-state index is 0.383. The van der Waals surface area contributed by atoms with E-state index in [9.17, 15) is 4.79 Å². The third-order valence-electron chi connectivity index (χ3n) is 2.64. The summed E-state index contributed by atoms with van der Waals surface area (Å²) in [7, 11) is 1.79. The smallest absolute Gasteiger partial charge is 0.209 e. The van der Waals surface area contributed by atoms with E-state index >= 15 is 0 Å². The Bertz CT molecular complexity index is 386. The van der Waals surface area contributed by atoms with Crippen molar-refractivity contribution in [3.8, 4) is 0 Å². The van der Waals surface area contributed by atoms with Crippen LogP contribution < -0.4 is 0 Å². The Morgan fingerprint density at radius 1 is 1.44 bits per heavy atom. The van der Waals surface area contributed by atoms with Crippen LogP contribution in [0, 0.1) is 13.8 Å². The molecule has 3 nitrogen and oxygen atoms in total. The second-order valence-corrected chi connectivity index (χ2v) is 4.62. The minimum atomic E-state index is 0.383. The third kappa shape index (κ3) is 2.81. The van der Waals surface area contributed by atoms with Gasteiger partial charge in [-0.3, -0.25) is 9.78 Å². The topological polar surface area (TPSA) is 33.2 Å². The molecule has 3 heteroatoms. The van der Waals surface area contributed by atoms with Crippen LogP contribution in [0.25, 0.3) is 0 Å². The molecular formula is C13H20N2O. The molecule has 0 N–H and O–H groups in total. The van der Waals surface area contributed by atoms with Gasteiger partial charge in [-0.2, -0.15) is 0 Å². The summed E-state index contributed by atoms with van der Waals surface area (Å²) in [4.78, 5) is 16.9. The number of amides is 1. The Morgan fingerprint density at radius 3 is 2.56 bits per heavy atom. The van der Waals surface area contributed by atoms with Crippen molar-refractivity contribution in [1.29, 1.82) is 0 Å². The zero-order valence-corrected chi connectivity index (χ0v) is 10.7. The highest BCUT2D eigenvalue weighted by molar-refractivity contribution is 5.47. The summed E-state index contributed by atoms with van der Waals surface area (Å²) in [5.74, 6) is 0.383. The maximum Gasteiger partial charge on any atom is 0.209 e. The molecule has 0 bridgehead atoms. The lowest BCUT2D eigenvalue weighted by Crippen LogP contribution is -2.18. The molecule has 0 spiro atoms. The van der Waals surface area contributed by atoms with Crippen molar-refractivity contribution in [3.05, 3.63) is 28.6 Å². The molecule has 0 saturated carbocycles. The van der Waals surface area contributed by atoms with Gasteiger partial charge in [-0.05, 0) is 37.0 Å². The zero-order valence-electron chi connectivity index (χ0n) is 10.7. The van der Waals surface area contributed by atoms with Gasteiger partial charge in [-0.1, -0.05) is 13.8 Å². The first-order valence-corrected chi connectivity index (χ1v) is 5.58. The van der Waals surface area contributed by atoms with Gasteiger partial charge in [0.1, 0.15) is 0 Å². The van der Waals surface area contributed by atoms with Crippen LogP contribution in [0.15, 0.2) is 6.07 Å². The predicted molar refractivity (Wildman–Crippen MR) is 65.3 cm³/mol. The number of aryl methyl sites for hydroxylation is 2. The number of hydrogen-bond acceptors (Lipinski definition) is 2. The summed E-state index contributed by atoms with van der Waals surface area (Å²) in [6, 6.07) is 2.07. The van der Waals surface area contributed by atoms with E-state index in [1.54, 1.807) is 11.9 Å². The van der Waals surface area contributed by atoms with Crippen LogP contribution in [0.3, 0.4) is 0 Å². The highest BCUT2D eigenvalue weighted by atomic mass is 16.1. The van der Waals surface area contributed by atoms with E-state index in [-0.39, 0.29) is 0 Å². The first-order chi connectivity index (χ1) is 7.45. The van der Waals surface area contributed by atoms with Crippen LogP contribution in [0.5, 0.6) is 0 Å². The fourth-order valence-electron chi connectivity index (χ4n) is 1.86. The largest absolute Gasteiger partial charge is 0.344 e. The molecular weight excluding hydrogens is 200 g/mol. The van der Waals surface area contributed by atoms with Gasteiger partial charge < -0.3 is 4.90 Å². The van der Waals surface area contributed by atoms with Crippen molar-refractivity contribution in [1.82, 2.24) is 9.88 Å². The standard InChI is InChI=1S/C13H20N2O/c1-9(2)13-12(7-15(5)8-16)10(3)6-11(4)14-13/h6,8-9H,7H2,1-5H3. The molecule has 16 heavy (non-hydrogen) atoms. The molecule has 0 fully saturated rings. The first kappa shape index (κ1) is 12.7. The molecule has 0 aliphatic heterocycles. The molecule has 88 valence electrons. The minimum Gasteiger partial charge on any atom is -0.344 e. The van der Waals surface area contributed by atoms with Gasteiger partial charge in [0.05, 0.1) is 0 Å². The average molecular weight is 220 g/mol. The second-order valence-electron chi connectivity index (χ2n) is 4.62. The monoisotopic (exact) mass is 220 g/mol.